The molecule has 1 atom stereocenters. The molecule has 16 heavy (non-hydrogen) atoms. The molecule has 0 amide bonds. The standard InChI is InChI=1S/C11H14Cl3N.ClH/c1-2-3-4-10(15)8-5-7(12)6-9(13)11(8)14;/h5-6,10H,2-4,15H2,1H3;1H/t10-;/m1./s1. The van der Waals surface area contributed by atoms with Crippen LogP contribution in [0.25, 0.3) is 0 Å². The summed E-state index contributed by atoms with van der Waals surface area (Å²) in [5.41, 5.74) is 6.85. The fourth-order valence-corrected chi connectivity index (χ4v) is 2.18. The zero-order valence-electron chi connectivity index (χ0n) is 8.97. The number of halogens is 4. The molecule has 0 saturated carbocycles. The second kappa shape index (κ2) is 7.62. The van der Waals surface area contributed by atoms with Crippen LogP contribution in [0, 0.1) is 0 Å². The van der Waals surface area contributed by atoms with E-state index in [0.29, 0.717) is 15.1 Å². The van der Waals surface area contributed by atoms with E-state index in [1.54, 1.807) is 12.1 Å². The normalized spacial score (nSPS) is 12.1. The van der Waals surface area contributed by atoms with Gasteiger partial charge in [0.25, 0.3) is 0 Å². The van der Waals surface area contributed by atoms with Crippen LogP contribution in [0.3, 0.4) is 0 Å². The number of rotatable bonds is 4. The minimum atomic E-state index is -0.0892. The number of unbranched alkanes of at least 4 members (excludes halogenated alkanes) is 1. The van der Waals surface area contributed by atoms with Gasteiger partial charge in [-0.25, -0.2) is 0 Å². The number of hydrogen-bond acceptors (Lipinski definition) is 1. The van der Waals surface area contributed by atoms with Crippen molar-refractivity contribution >= 4 is 47.2 Å². The van der Waals surface area contributed by atoms with E-state index in [2.05, 4.69) is 6.92 Å². The Hall–Kier alpha value is 0.340. The van der Waals surface area contributed by atoms with Gasteiger partial charge in [-0.05, 0) is 24.1 Å². The molecule has 0 bridgehead atoms. The Kier molecular flexibility index (Phi) is 7.79. The summed E-state index contributed by atoms with van der Waals surface area (Å²) in [6.07, 6.45) is 3.08. The number of hydrogen-bond donors (Lipinski definition) is 1. The highest BCUT2D eigenvalue weighted by molar-refractivity contribution is 6.43. The third-order valence-electron chi connectivity index (χ3n) is 2.29. The van der Waals surface area contributed by atoms with Crippen molar-refractivity contribution in [3.63, 3.8) is 0 Å². The van der Waals surface area contributed by atoms with Crippen LogP contribution in [0.1, 0.15) is 37.8 Å². The highest BCUT2D eigenvalue weighted by Crippen LogP contribution is 2.34. The average molecular weight is 303 g/mol. The monoisotopic (exact) mass is 301 g/mol. The van der Waals surface area contributed by atoms with E-state index < -0.39 is 0 Å². The molecular formula is C11H15Cl4N. The summed E-state index contributed by atoms with van der Waals surface area (Å²) >= 11 is 17.9. The molecule has 0 aromatic heterocycles. The van der Waals surface area contributed by atoms with Crippen molar-refractivity contribution in [2.24, 2.45) is 5.73 Å². The van der Waals surface area contributed by atoms with Crippen molar-refractivity contribution in [2.75, 3.05) is 0 Å². The molecule has 1 rings (SSSR count). The van der Waals surface area contributed by atoms with Crippen molar-refractivity contribution in [2.45, 2.75) is 32.2 Å². The molecule has 1 nitrogen and oxygen atoms in total. The maximum Gasteiger partial charge on any atom is 0.0641 e. The lowest BCUT2D eigenvalue weighted by atomic mass is 10.0. The maximum absolute atomic E-state index is 6.07. The van der Waals surface area contributed by atoms with Gasteiger partial charge in [0.15, 0.2) is 0 Å². The molecule has 0 heterocycles. The average Bonchev–Trinajstić information content (AvgIpc) is 2.19. The lowest BCUT2D eigenvalue weighted by Gasteiger charge is -2.14. The topological polar surface area (TPSA) is 26.0 Å². The van der Waals surface area contributed by atoms with Gasteiger partial charge in [-0.3, -0.25) is 0 Å². The van der Waals surface area contributed by atoms with Crippen molar-refractivity contribution < 1.29 is 0 Å². The predicted octanol–water partition coefficient (Wildman–Crippen LogP) is 5.26. The van der Waals surface area contributed by atoms with Crippen molar-refractivity contribution in [1.29, 1.82) is 0 Å². The first-order chi connectivity index (χ1) is 7.06. The zero-order chi connectivity index (χ0) is 11.4. The lowest BCUT2D eigenvalue weighted by Crippen LogP contribution is -2.10. The van der Waals surface area contributed by atoms with Crippen LogP contribution in [0.2, 0.25) is 15.1 Å². The van der Waals surface area contributed by atoms with Crippen molar-refractivity contribution in [3.8, 4) is 0 Å². The third-order valence-corrected chi connectivity index (χ3v) is 3.32. The molecule has 0 aliphatic rings. The Balaban J connectivity index is 0.00000225. The van der Waals surface area contributed by atoms with Crippen molar-refractivity contribution in [1.82, 2.24) is 0 Å². The Morgan fingerprint density at radius 2 is 1.88 bits per heavy atom. The summed E-state index contributed by atoms with van der Waals surface area (Å²) in [5, 5.41) is 1.56. The molecule has 1 aromatic rings. The van der Waals surface area contributed by atoms with E-state index in [1.165, 1.54) is 0 Å². The minimum Gasteiger partial charge on any atom is -0.324 e. The second-order valence-electron chi connectivity index (χ2n) is 3.54. The second-order valence-corrected chi connectivity index (χ2v) is 4.76. The van der Waals surface area contributed by atoms with Crippen LogP contribution in [-0.4, -0.2) is 0 Å². The first-order valence-electron chi connectivity index (χ1n) is 4.96. The third kappa shape index (κ3) is 4.31. The van der Waals surface area contributed by atoms with Crippen LogP contribution < -0.4 is 5.73 Å². The van der Waals surface area contributed by atoms with Crippen LogP contribution >= 0.6 is 47.2 Å². The zero-order valence-corrected chi connectivity index (χ0v) is 12.1. The quantitative estimate of drug-likeness (QED) is 0.754. The first-order valence-corrected chi connectivity index (χ1v) is 6.09. The highest BCUT2D eigenvalue weighted by atomic mass is 35.5. The summed E-state index contributed by atoms with van der Waals surface area (Å²) in [5.74, 6) is 0. The van der Waals surface area contributed by atoms with Gasteiger partial charge >= 0.3 is 0 Å². The van der Waals surface area contributed by atoms with Gasteiger partial charge < -0.3 is 5.73 Å². The van der Waals surface area contributed by atoms with E-state index in [4.69, 9.17) is 40.5 Å². The Labute approximate surface area is 118 Å². The first kappa shape index (κ1) is 16.3. The van der Waals surface area contributed by atoms with Crippen LogP contribution in [0.15, 0.2) is 12.1 Å². The molecule has 0 unspecified atom stereocenters. The molecule has 0 spiro atoms. The lowest BCUT2D eigenvalue weighted by molar-refractivity contribution is 0.603. The molecule has 0 aliphatic carbocycles. The molecule has 5 heteroatoms. The Morgan fingerprint density at radius 1 is 1.25 bits per heavy atom. The van der Waals surface area contributed by atoms with Gasteiger partial charge in [0, 0.05) is 11.1 Å². The van der Waals surface area contributed by atoms with E-state index >= 15 is 0 Å². The number of nitrogens with two attached hydrogens (primary N) is 1. The van der Waals surface area contributed by atoms with E-state index in [0.717, 1.165) is 24.8 Å². The van der Waals surface area contributed by atoms with Gasteiger partial charge in [-0.15, -0.1) is 12.4 Å². The summed E-state index contributed by atoms with van der Waals surface area (Å²) < 4.78 is 0. The van der Waals surface area contributed by atoms with Gasteiger partial charge in [-0.2, -0.15) is 0 Å². The molecule has 0 aliphatic heterocycles. The summed E-state index contributed by atoms with van der Waals surface area (Å²) in [4.78, 5) is 0. The SMILES string of the molecule is CCCC[C@@H](N)c1cc(Cl)cc(Cl)c1Cl.Cl. The van der Waals surface area contributed by atoms with Gasteiger partial charge in [0.1, 0.15) is 0 Å². The Bertz CT molecular complexity index is 341. The summed E-state index contributed by atoms with van der Waals surface area (Å²) in [6.45, 7) is 2.12. The molecular weight excluding hydrogens is 288 g/mol. The summed E-state index contributed by atoms with van der Waals surface area (Å²) in [7, 11) is 0. The maximum atomic E-state index is 6.07. The summed E-state index contributed by atoms with van der Waals surface area (Å²) in [6, 6.07) is 3.33. The van der Waals surface area contributed by atoms with E-state index in [9.17, 15) is 0 Å². The number of benzene rings is 1. The Morgan fingerprint density at radius 3 is 2.44 bits per heavy atom. The van der Waals surface area contributed by atoms with Gasteiger partial charge in [0.05, 0.1) is 10.0 Å². The largest absolute Gasteiger partial charge is 0.324 e. The van der Waals surface area contributed by atoms with Gasteiger partial charge in [-0.1, -0.05) is 54.6 Å². The molecule has 0 saturated heterocycles. The molecule has 2 N–H and O–H groups in total. The van der Waals surface area contributed by atoms with Crippen LogP contribution in [0.5, 0.6) is 0 Å². The smallest absolute Gasteiger partial charge is 0.0641 e. The fraction of sp³-hybridized carbons (Fsp3) is 0.455. The van der Waals surface area contributed by atoms with Crippen molar-refractivity contribution in [3.05, 3.63) is 32.8 Å². The molecule has 92 valence electrons. The van der Waals surface area contributed by atoms with Crippen LogP contribution in [-0.2, 0) is 0 Å². The minimum absolute atomic E-state index is 0. The van der Waals surface area contributed by atoms with Crippen LogP contribution in [0.4, 0.5) is 0 Å². The van der Waals surface area contributed by atoms with E-state index in [-0.39, 0.29) is 18.4 Å². The highest BCUT2D eigenvalue weighted by Gasteiger charge is 2.13. The molecule has 0 radical (unpaired) electrons. The predicted molar refractivity (Wildman–Crippen MR) is 75.2 cm³/mol. The van der Waals surface area contributed by atoms with Gasteiger partial charge in [0.2, 0.25) is 0 Å². The van der Waals surface area contributed by atoms with E-state index in [1.807, 2.05) is 0 Å². The fourth-order valence-electron chi connectivity index (χ4n) is 1.43. The molecule has 1 aromatic carbocycles. The molecule has 0 fully saturated rings.